The van der Waals surface area contributed by atoms with Gasteiger partial charge in [0, 0.05) is 12.8 Å². The van der Waals surface area contributed by atoms with Crippen LogP contribution in [0.2, 0.25) is 0 Å². The van der Waals surface area contributed by atoms with E-state index in [4.69, 9.17) is 0 Å². The van der Waals surface area contributed by atoms with E-state index in [1.807, 2.05) is 13.8 Å². The molecule has 0 rings (SSSR count). The zero-order valence-electron chi connectivity index (χ0n) is 7.80. The third-order valence-corrected chi connectivity index (χ3v) is 1.46. The topological polar surface area (TPSA) is 48.2 Å². The summed E-state index contributed by atoms with van der Waals surface area (Å²) in [6, 6.07) is 0. The van der Waals surface area contributed by atoms with Gasteiger partial charge in [-0.1, -0.05) is 20.3 Å². The summed E-state index contributed by atoms with van der Waals surface area (Å²) in [5.74, 6) is -0.547. The van der Waals surface area contributed by atoms with Gasteiger partial charge in [-0.25, -0.2) is 0 Å². The second-order valence-electron chi connectivity index (χ2n) is 2.75. The first-order valence-electron chi connectivity index (χ1n) is 4.48. The summed E-state index contributed by atoms with van der Waals surface area (Å²) in [6.07, 6.45) is 3.33. The Bertz CT molecular complexity index is 155. The summed E-state index contributed by atoms with van der Waals surface area (Å²) < 4.78 is 0. The molecule has 0 aliphatic rings. The van der Waals surface area contributed by atoms with E-state index in [1.54, 1.807) is 0 Å². The first-order valence-corrected chi connectivity index (χ1v) is 4.48. The predicted molar refractivity (Wildman–Crippen MR) is 46.6 cm³/mol. The SMILES string of the molecule is CCCCC(=O)[N]C(=O)CCC. The summed E-state index contributed by atoms with van der Waals surface area (Å²) in [6.45, 7) is 3.89. The largest absolute Gasteiger partial charge is 0.273 e. The van der Waals surface area contributed by atoms with Crippen LogP contribution in [0.15, 0.2) is 0 Å². The van der Waals surface area contributed by atoms with Gasteiger partial charge in [0.2, 0.25) is 11.8 Å². The van der Waals surface area contributed by atoms with Gasteiger partial charge in [-0.05, 0) is 12.8 Å². The molecule has 0 aromatic heterocycles. The van der Waals surface area contributed by atoms with Gasteiger partial charge in [0.25, 0.3) is 0 Å². The normalized spacial score (nSPS) is 9.50. The van der Waals surface area contributed by atoms with Crippen LogP contribution in [-0.2, 0) is 9.59 Å². The Balaban J connectivity index is 3.47. The minimum Gasteiger partial charge on any atom is -0.273 e. The van der Waals surface area contributed by atoms with Crippen molar-refractivity contribution in [3.05, 3.63) is 0 Å². The lowest BCUT2D eigenvalue weighted by atomic mass is 10.2. The molecule has 0 N–H and O–H groups in total. The molecule has 0 fully saturated rings. The standard InChI is InChI=1S/C9H16NO2/c1-3-5-7-9(12)10-8(11)6-4-2/h3-7H2,1-2H3. The molecule has 0 spiro atoms. The molecule has 1 radical (unpaired) electrons. The van der Waals surface area contributed by atoms with Gasteiger partial charge in [-0.15, -0.1) is 0 Å². The zero-order valence-corrected chi connectivity index (χ0v) is 7.80. The van der Waals surface area contributed by atoms with Gasteiger partial charge in [0.15, 0.2) is 0 Å². The van der Waals surface area contributed by atoms with E-state index in [-0.39, 0.29) is 11.8 Å². The van der Waals surface area contributed by atoms with Crippen molar-refractivity contribution in [2.24, 2.45) is 0 Å². The average molecular weight is 170 g/mol. The highest BCUT2D eigenvalue weighted by atomic mass is 16.2. The molecule has 3 nitrogen and oxygen atoms in total. The van der Waals surface area contributed by atoms with Crippen LogP contribution in [0, 0.1) is 0 Å². The van der Waals surface area contributed by atoms with Crippen molar-refractivity contribution in [3.8, 4) is 0 Å². The fourth-order valence-corrected chi connectivity index (χ4v) is 0.793. The molecule has 0 atom stereocenters. The maximum atomic E-state index is 10.9. The van der Waals surface area contributed by atoms with E-state index in [0.717, 1.165) is 19.3 Å². The maximum Gasteiger partial charge on any atom is 0.248 e. The van der Waals surface area contributed by atoms with Crippen LogP contribution in [0.4, 0.5) is 0 Å². The molecule has 0 heterocycles. The van der Waals surface area contributed by atoms with Crippen molar-refractivity contribution in [3.63, 3.8) is 0 Å². The quantitative estimate of drug-likeness (QED) is 0.629. The van der Waals surface area contributed by atoms with Gasteiger partial charge >= 0.3 is 0 Å². The Hall–Kier alpha value is -0.860. The number of hydrogen-bond donors (Lipinski definition) is 0. The van der Waals surface area contributed by atoms with Crippen LogP contribution in [-0.4, -0.2) is 11.8 Å². The van der Waals surface area contributed by atoms with Gasteiger partial charge < -0.3 is 0 Å². The second-order valence-corrected chi connectivity index (χ2v) is 2.75. The molecule has 0 saturated heterocycles. The van der Waals surface area contributed by atoms with Crippen LogP contribution in [0.5, 0.6) is 0 Å². The molecule has 12 heavy (non-hydrogen) atoms. The Morgan fingerprint density at radius 1 is 1.00 bits per heavy atom. The van der Waals surface area contributed by atoms with Crippen LogP contribution < -0.4 is 5.32 Å². The Labute approximate surface area is 73.5 Å². The van der Waals surface area contributed by atoms with Gasteiger partial charge in [-0.3, -0.25) is 9.59 Å². The molecule has 0 aromatic rings. The number of unbranched alkanes of at least 4 members (excludes halogenated alkanes) is 1. The highest BCUT2D eigenvalue weighted by Crippen LogP contribution is 1.95. The molecule has 69 valence electrons. The van der Waals surface area contributed by atoms with Crippen molar-refractivity contribution in [1.82, 2.24) is 5.32 Å². The summed E-state index contributed by atoms with van der Waals surface area (Å²) in [4.78, 5) is 21.7. The van der Waals surface area contributed by atoms with Crippen LogP contribution in [0.3, 0.4) is 0 Å². The Morgan fingerprint density at radius 3 is 2.08 bits per heavy atom. The third kappa shape index (κ3) is 5.89. The van der Waals surface area contributed by atoms with Crippen LogP contribution >= 0.6 is 0 Å². The molecular weight excluding hydrogens is 154 g/mol. The van der Waals surface area contributed by atoms with E-state index in [9.17, 15) is 9.59 Å². The number of hydrogen-bond acceptors (Lipinski definition) is 2. The molecular formula is C9H16NO2. The zero-order chi connectivity index (χ0) is 9.40. The molecule has 0 aliphatic carbocycles. The number of imide groups is 1. The number of amides is 2. The summed E-state index contributed by atoms with van der Waals surface area (Å²) in [7, 11) is 0. The third-order valence-electron chi connectivity index (χ3n) is 1.46. The smallest absolute Gasteiger partial charge is 0.248 e. The number of carbonyl (C=O) groups is 2. The molecule has 0 aromatic carbocycles. The lowest BCUT2D eigenvalue weighted by molar-refractivity contribution is -0.130. The Morgan fingerprint density at radius 2 is 1.58 bits per heavy atom. The number of carbonyl (C=O) groups excluding carboxylic acids is 2. The summed E-state index contributed by atoms with van der Waals surface area (Å²) in [5.41, 5.74) is 0. The van der Waals surface area contributed by atoms with Crippen LogP contribution in [0.25, 0.3) is 0 Å². The van der Waals surface area contributed by atoms with Gasteiger partial charge in [0.05, 0.1) is 0 Å². The van der Waals surface area contributed by atoms with Gasteiger partial charge in [-0.2, -0.15) is 5.32 Å². The molecule has 0 bridgehead atoms. The number of nitrogens with zero attached hydrogens (tertiary/aromatic N) is 1. The lowest BCUT2D eigenvalue weighted by Crippen LogP contribution is -2.22. The van der Waals surface area contributed by atoms with Crippen molar-refractivity contribution in [2.75, 3.05) is 0 Å². The molecule has 2 amide bonds. The molecule has 3 heteroatoms. The molecule has 0 saturated carbocycles. The fraction of sp³-hybridized carbons (Fsp3) is 0.778. The van der Waals surface area contributed by atoms with Crippen molar-refractivity contribution < 1.29 is 9.59 Å². The fourth-order valence-electron chi connectivity index (χ4n) is 0.793. The van der Waals surface area contributed by atoms with Crippen molar-refractivity contribution >= 4 is 11.8 Å². The lowest BCUT2D eigenvalue weighted by Gasteiger charge is -1.97. The minimum absolute atomic E-state index is 0.268. The van der Waals surface area contributed by atoms with Crippen molar-refractivity contribution in [2.45, 2.75) is 46.0 Å². The monoisotopic (exact) mass is 170 g/mol. The summed E-state index contributed by atoms with van der Waals surface area (Å²) >= 11 is 0. The second kappa shape index (κ2) is 6.83. The summed E-state index contributed by atoms with van der Waals surface area (Å²) in [5, 5.41) is 3.43. The highest BCUT2D eigenvalue weighted by molar-refractivity contribution is 5.94. The van der Waals surface area contributed by atoms with E-state index < -0.39 is 0 Å². The highest BCUT2D eigenvalue weighted by Gasteiger charge is 2.07. The number of rotatable bonds is 5. The van der Waals surface area contributed by atoms with E-state index >= 15 is 0 Å². The van der Waals surface area contributed by atoms with E-state index in [1.165, 1.54) is 0 Å². The molecule has 0 unspecified atom stereocenters. The predicted octanol–water partition coefficient (Wildman–Crippen LogP) is 1.63. The van der Waals surface area contributed by atoms with Crippen molar-refractivity contribution in [1.29, 1.82) is 0 Å². The van der Waals surface area contributed by atoms with E-state index in [2.05, 4.69) is 5.32 Å². The Kier molecular flexibility index (Phi) is 6.34. The average Bonchev–Trinajstić information content (AvgIpc) is 2.01. The van der Waals surface area contributed by atoms with Gasteiger partial charge in [0.1, 0.15) is 0 Å². The van der Waals surface area contributed by atoms with Crippen LogP contribution in [0.1, 0.15) is 46.0 Å². The first-order chi connectivity index (χ1) is 5.70. The van der Waals surface area contributed by atoms with E-state index in [0.29, 0.717) is 12.8 Å². The first kappa shape index (κ1) is 11.1. The molecule has 0 aliphatic heterocycles. The minimum atomic E-state index is -0.279. The maximum absolute atomic E-state index is 10.9.